The minimum Gasteiger partial charge on any atom is -0.399 e. The molecule has 1 amide bonds. The quantitative estimate of drug-likeness (QED) is 0.842. The van der Waals surface area contributed by atoms with E-state index in [2.05, 4.69) is 10.3 Å². The largest absolute Gasteiger partial charge is 0.399 e. The number of nitrogens with two attached hydrogens (primary N) is 1. The third-order valence-corrected chi connectivity index (χ3v) is 3.33. The van der Waals surface area contributed by atoms with Crippen LogP contribution in [-0.4, -0.2) is 10.9 Å². The monoisotopic (exact) mass is 269 g/mol. The Balaban J connectivity index is 2.21. The second-order valence-corrected chi connectivity index (χ2v) is 5.45. The fraction of sp³-hybridized carbons (Fsp3) is 0.250. The molecule has 20 heavy (non-hydrogen) atoms. The normalized spacial score (nSPS) is 11.2. The molecular weight excluding hydrogens is 250 g/mol. The van der Waals surface area contributed by atoms with Crippen molar-refractivity contribution in [1.29, 1.82) is 0 Å². The van der Waals surface area contributed by atoms with Crippen LogP contribution in [0.1, 0.15) is 25.0 Å². The lowest BCUT2D eigenvalue weighted by atomic mass is 9.83. The number of pyridine rings is 1. The first-order chi connectivity index (χ1) is 9.39. The van der Waals surface area contributed by atoms with Crippen molar-refractivity contribution in [2.45, 2.75) is 26.2 Å². The zero-order valence-corrected chi connectivity index (χ0v) is 12.0. The summed E-state index contributed by atoms with van der Waals surface area (Å²) >= 11 is 0. The highest BCUT2D eigenvalue weighted by Gasteiger charge is 2.29. The van der Waals surface area contributed by atoms with Gasteiger partial charge in [0.05, 0.1) is 17.3 Å². The lowest BCUT2D eigenvalue weighted by Crippen LogP contribution is -2.34. The van der Waals surface area contributed by atoms with Crippen LogP contribution in [0.15, 0.2) is 42.7 Å². The van der Waals surface area contributed by atoms with E-state index in [9.17, 15) is 4.79 Å². The van der Waals surface area contributed by atoms with Gasteiger partial charge in [0.1, 0.15) is 0 Å². The summed E-state index contributed by atoms with van der Waals surface area (Å²) in [6.07, 6.45) is 3.39. The number of nitrogen functional groups attached to an aromatic ring is 1. The standard InChI is InChI=1S/C16H19N3O/c1-11-8-14(10-18-9-11)19-15(20)16(2,3)12-4-6-13(17)7-5-12/h4-10H,17H2,1-3H3,(H,19,20). The van der Waals surface area contributed by atoms with Gasteiger partial charge in [-0.1, -0.05) is 12.1 Å². The number of carbonyl (C=O) groups is 1. The van der Waals surface area contributed by atoms with Crippen LogP contribution >= 0.6 is 0 Å². The van der Waals surface area contributed by atoms with Crippen LogP contribution in [0.2, 0.25) is 0 Å². The van der Waals surface area contributed by atoms with Crippen molar-refractivity contribution in [3.63, 3.8) is 0 Å². The molecule has 0 aliphatic heterocycles. The third kappa shape index (κ3) is 2.96. The number of nitrogens with zero attached hydrogens (tertiary/aromatic N) is 1. The van der Waals surface area contributed by atoms with E-state index in [1.807, 2.05) is 39.0 Å². The fourth-order valence-corrected chi connectivity index (χ4v) is 1.94. The van der Waals surface area contributed by atoms with E-state index in [0.29, 0.717) is 11.4 Å². The van der Waals surface area contributed by atoms with Crippen LogP contribution in [-0.2, 0) is 10.2 Å². The van der Waals surface area contributed by atoms with Gasteiger partial charge < -0.3 is 11.1 Å². The Morgan fingerprint density at radius 1 is 1.20 bits per heavy atom. The maximum absolute atomic E-state index is 12.5. The molecule has 0 bridgehead atoms. The Morgan fingerprint density at radius 3 is 2.45 bits per heavy atom. The van der Waals surface area contributed by atoms with E-state index in [-0.39, 0.29) is 5.91 Å². The van der Waals surface area contributed by atoms with E-state index < -0.39 is 5.41 Å². The van der Waals surface area contributed by atoms with E-state index in [0.717, 1.165) is 11.1 Å². The average molecular weight is 269 g/mol. The molecule has 0 atom stereocenters. The molecule has 3 N–H and O–H groups in total. The first kappa shape index (κ1) is 14.1. The van der Waals surface area contributed by atoms with Gasteiger partial charge in [-0.3, -0.25) is 9.78 Å². The zero-order valence-electron chi connectivity index (χ0n) is 12.0. The first-order valence-electron chi connectivity index (χ1n) is 6.49. The van der Waals surface area contributed by atoms with Crippen LogP contribution in [0.5, 0.6) is 0 Å². The van der Waals surface area contributed by atoms with Crippen LogP contribution in [0.4, 0.5) is 11.4 Å². The minimum atomic E-state index is -0.641. The lowest BCUT2D eigenvalue weighted by Gasteiger charge is -2.24. The van der Waals surface area contributed by atoms with E-state index >= 15 is 0 Å². The Morgan fingerprint density at radius 2 is 1.85 bits per heavy atom. The zero-order chi connectivity index (χ0) is 14.8. The number of hydrogen-bond acceptors (Lipinski definition) is 3. The average Bonchev–Trinajstić information content (AvgIpc) is 2.39. The predicted molar refractivity (Wildman–Crippen MR) is 81.5 cm³/mol. The van der Waals surface area contributed by atoms with E-state index in [4.69, 9.17) is 5.73 Å². The number of benzene rings is 1. The van der Waals surface area contributed by atoms with Crippen LogP contribution in [0, 0.1) is 6.92 Å². The molecule has 0 spiro atoms. The second-order valence-electron chi connectivity index (χ2n) is 5.45. The van der Waals surface area contributed by atoms with Crippen molar-refractivity contribution in [2.24, 2.45) is 0 Å². The van der Waals surface area contributed by atoms with Crippen LogP contribution in [0.3, 0.4) is 0 Å². The van der Waals surface area contributed by atoms with Gasteiger partial charge in [-0.2, -0.15) is 0 Å². The highest BCUT2D eigenvalue weighted by atomic mass is 16.2. The van der Waals surface area contributed by atoms with E-state index in [1.54, 1.807) is 24.5 Å². The molecule has 2 rings (SSSR count). The molecule has 1 aromatic carbocycles. The summed E-state index contributed by atoms with van der Waals surface area (Å²) in [5.41, 5.74) is 8.36. The predicted octanol–water partition coefficient (Wildman–Crippen LogP) is 2.89. The van der Waals surface area contributed by atoms with Crippen molar-refractivity contribution in [1.82, 2.24) is 4.98 Å². The molecule has 2 aromatic rings. The molecule has 4 heteroatoms. The summed E-state index contributed by atoms with van der Waals surface area (Å²) in [5, 5.41) is 2.90. The summed E-state index contributed by atoms with van der Waals surface area (Å²) < 4.78 is 0. The van der Waals surface area contributed by atoms with Crippen LogP contribution in [0.25, 0.3) is 0 Å². The Kier molecular flexibility index (Phi) is 3.74. The number of anilines is 2. The van der Waals surface area contributed by atoms with Gasteiger partial charge in [0.2, 0.25) is 5.91 Å². The molecule has 0 radical (unpaired) electrons. The maximum Gasteiger partial charge on any atom is 0.234 e. The van der Waals surface area contributed by atoms with Crippen molar-refractivity contribution in [2.75, 3.05) is 11.1 Å². The molecule has 0 aliphatic carbocycles. The molecule has 0 aliphatic rings. The first-order valence-corrected chi connectivity index (χ1v) is 6.49. The maximum atomic E-state index is 12.5. The Hall–Kier alpha value is -2.36. The van der Waals surface area contributed by atoms with Crippen molar-refractivity contribution >= 4 is 17.3 Å². The smallest absolute Gasteiger partial charge is 0.234 e. The van der Waals surface area contributed by atoms with Gasteiger partial charge in [0.25, 0.3) is 0 Å². The SMILES string of the molecule is Cc1cncc(NC(=O)C(C)(C)c2ccc(N)cc2)c1. The molecule has 1 aromatic heterocycles. The summed E-state index contributed by atoms with van der Waals surface area (Å²) in [5.74, 6) is -0.0744. The number of aryl methyl sites for hydroxylation is 1. The van der Waals surface area contributed by atoms with Gasteiger partial charge >= 0.3 is 0 Å². The summed E-state index contributed by atoms with van der Waals surface area (Å²) in [6.45, 7) is 5.71. The minimum absolute atomic E-state index is 0.0744. The summed E-state index contributed by atoms with van der Waals surface area (Å²) in [7, 11) is 0. The summed E-state index contributed by atoms with van der Waals surface area (Å²) in [4.78, 5) is 16.5. The fourth-order valence-electron chi connectivity index (χ4n) is 1.94. The third-order valence-electron chi connectivity index (χ3n) is 3.33. The highest BCUT2D eigenvalue weighted by Crippen LogP contribution is 2.25. The van der Waals surface area contributed by atoms with Gasteiger partial charge in [-0.05, 0) is 50.1 Å². The highest BCUT2D eigenvalue weighted by molar-refractivity contribution is 5.98. The number of nitrogens with one attached hydrogen (secondary N) is 1. The summed E-state index contributed by atoms with van der Waals surface area (Å²) in [6, 6.07) is 9.26. The number of amides is 1. The molecule has 0 saturated carbocycles. The molecule has 0 unspecified atom stereocenters. The molecule has 4 nitrogen and oxygen atoms in total. The van der Waals surface area contributed by atoms with Gasteiger partial charge in [-0.25, -0.2) is 0 Å². The lowest BCUT2D eigenvalue weighted by molar-refractivity contribution is -0.120. The molecular formula is C16H19N3O. The molecule has 104 valence electrons. The van der Waals surface area contributed by atoms with Crippen molar-refractivity contribution < 1.29 is 4.79 Å². The van der Waals surface area contributed by atoms with Gasteiger partial charge in [0.15, 0.2) is 0 Å². The number of rotatable bonds is 3. The molecule has 0 saturated heterocycles. The topological polar surface area (TPSA) is 68.0 Å². The number of carbonyl (C=O) groups excluding carboxylic acids is 1. The van der Waals surface area contributed by atoms with Crippen molar-refractivity contribution in [3.8, 4) is 0 Å². The number of aromatic nitrogens is 1. The van der Waals surface area contributed by atoms with Gasteiger partial charge in [0, 0.05) is 11.9 Å². The number of hydrogen-bond donors (Lipinski definition) is 2. The second kappa shape index (κ2) is 5.33. The Bertz CT molecular complexity index is 618. The molecule has 1 heterocycles. The Labute approximate surface area is 119 Å². The van der Waals surface area contributed by atoms with E-state index in [1.165, 1.54) is 0 Å². The van der Waals surface area contributed by atoms with Crippen molar-refractivity contribution in [3.05, 3.63) is 53.9 Å². The molecule has 0 fully saturated rings. The van der Waals surface area contributed by atoms with Gasteiger partial charge in [-0.15, -0.1) is 0 Å². The van der Waals surface area contributed by atoms with Crippen LogP contribution < -0.4 is 11.1 Å².